The Labute approximate surface area is 164 Å². The quantitative estimate of drug-likeness (QED) is 0.810. The van der Waals surface area contributed by atoms with Gasteiger partial charge < -0.3 is 14.7 Å². The van der Waals surface area contributed by atoms with Gasteiger partial charge in [0.05, 0.1) is 0 Å². The Morgan fingerprint density at radius 2 is 2.07 bits per heavy atom. The number of fused-ring (bicyclic) bond motifs is 1. The highest BCUT2D eigenvalue weighted by Gasteiger charge is 2.27. The summed E-state index contributed by atoms with van der Waals surface area (Å²) in [6, 6.07) is 4.21. The van der Waals surface area contributed by atoms with Crippen LogP contribution in [0.2, 0.25) is 0 Å². The topological polar surface area (TPSA) is 52.6 Å². The second kappa shape index (κ2) is 7.84. The summed E-state index contributed by atoms with van der Waals surface area (Å²) in [5.41, 5.74) is 1.34. The summed E-state index contributed by atoms with van der Waals surface area (Å²) in [6.07, 6.45) is 5.42. The summed E-state index contributed by atoms with van der Waals surface area (Å²) in [6.45, 7) is 3.58. The molecule has 1 amide bonds. The van der Waals surface area contributed by atoms with Crippen LogP contribution in [0.5, 0.6) is 0 Å². The van der Waals surface area contributed by atoms with Crippen molar-refractivity contribution in [3.05, 3.63) is 34.3 Å². The molecule has 6 nitrogen and oxygen atoms in total. The fourth-order valence-corrected chi connectivity index (χ4v) is 4.85. The molecule has 2 aliphatic rings. The lowest BCUT2D eigenvalue weighted by atomic mass is 9.92. The van der Waals surface area contributed by atoms with Gasteiger partial charge in [-0.3, -0.25) is 4.79 Å². The Morgan fingerprint density at radius 3 is 2.85 bits per heavy atom. The molecule has 144 valence electrons. The smallest absolute Gasteiger partial charge is 0.223 e. The molecule has 4 rings (SSSR count). The predicted octanol–water partition coefficient (Wildman–Crippen LogP) is 2.80. The third kappa shape index (κ3) is 4.08. The molecule has 2 aliphatic heterocycles. The lowest BCUT2D eigenvalue weighted by Gasteiger charge is -2.34. The van der Waals surface area contributed by atoms with E-state index >= 15 is 0 Å². The van der Waals surface area contributed by atoms with E-state index in [0.717, 1.165) is 57.1 Å². The molecule has 0 N–H and O–H groups in total. The van der Waals surface area contributed by atoms with Crippen molar-refractivity contribution >= 4 is 28.9 Å². The SMILES string of the molecule is CN(C)c1cc(N2CCC(CC(=O)N3CCc4sccc4C3)CC2)ncn1. The summed E-state index contributed by atoms with van der Waals surface area (Å²) in [5.74, 6) is 2.71. The first-order valence-corrected chi connectivity index (χ1v) is 10.6. The molecular formula is C20H27N5OS. The Balaban J connectivity index is 1.29. The van der Waals surface area contributed by atoms with Crippen molar-refractivity contribution in [2.75, 3.05) is 43.5 Å². The molecule has 0 bridgehead atoms. The standard InChI is InChI=1S/C20H27N5OS/c1-23(2)18-12-19(22-14-21-18)24-7-3-15(4-8-24)11-20(26)25-9-5-17-16(13-25)6-10-27-17/h6,10,12,14-15H,3-5,7-9,11,13H2,1-2H3. The first-order chi connectivity index (χ1) is 13.1. The molecule has 1 fully saturated rings. The van der Waals surface area contributed by atoms with Crippen LogP contribution in [-0.4, -0.2) is 54.5 Å². The van der Waals surface area contributed by atoms with Gasteiger partial charge in [0.2, 0.25) is 5.91 Å². The third-order valence-corrected chi connectivity index (χ3v) is 6.68. The van der Waals surface area contributed by atoms with E-state index in [1.807, 2.05) is 36.4 Å². The fourth-order valence-electron chi connectivity index (χ4n) is 3.96. The van der Waals surface area contributed by atoms with Crippen LogP contribution in [0.15, 0.2) is 23.8 Å². The minimum absolute atomic E-state index is 0.322. The molecule has 0 radical (unpaired) electrons. The van der Waals surface area contributed by atoms with E-state index in [9.17, 15) is 4.79 Å². The molecule has 0 aliphatic carbocycles. The summed E-state index contributed by atoms with van der Waals surface area (Å²) in [4.78, 5) is 29.3. The van der Waals surface area contributed by atoms with Crippen LogP contribution in [0.4, 0.5) is 11.6 Å². The number of thiophene rings is 1. The predicted molar refractivity (Wildman–Crippen MR) is 109 cm³/mol. The molecule has 0 aromatic carbocycles. The number of aromatic nitrogens is 2. The fraction of sp³-hybridized carbons (Fsp3) is 0.550. The van der Waals surface area contributed by atoms with E-state index < -0.39 is 0 Å². The first-order valence-electron chi connectivity index (χ1n) is 9.67. The van der Waals surface area contributed by atoms with Crippen molar-refractivity contribution in [1.82, 2.24) is 14.9 Å². The maximum absolute atomic E-state index is 12.8. The van der Waals surface area contributed by atoms with Crippen molar-refractivity contribution in [2.24, 2.45) is 5.92 Å². The van der Waals surface area contributed by atoms with Crippen molar-refractivity contribution < 1.29 is 4.79 Å². The highest BCUT2D eigenvalue weighted by molar-refractivity contribution is 7.10. The van der Waals surface area contributed by atoms with Crippen LogP contribution in [0.25, 0.3) is 0 Å². The van der Waals surface area contributed by atoms with E-state index in [0.29, 0.717) is 18.2 Å². The number of piperidine rings is 1. The second-order valence-corrected chi connectivity index (χ2v) is 8.70. The van der Waals surface area contributed by atoms with Gasteiger partial charge in [-0.15, -0.1) is 11.3 Å². The lowest BCUT2D eigenvalue weighted by molar-refractivity contribution is -0.133. The molecular weight excluding hydrogens is 358 g/mol. The number of hydrogen-bond acceptors (Lipinski definition) is 6. The monoisotopic (exact) mass is 385 g/mol. The van der Waals surface area contributed by atoms with E-state index in [1.54, 1.807) is 6.33 Å². The summed E-state index contributed by atoms with van der Waals surface area (Å²) in [5, 5.41) is 2.14. The van der Waals surface area contributed by atoms with Crippen molar-refractivity contribution in [1.29, 1.82) is 0 Å². The Kier molecular flexibility index (Phi) is 5.29. The van der Waals surface area contributed by atoms with E-state index in [-0.39, 0.29) is 0 Å². The zero-order valence-electron chi connectivity index (χ0n) is 16.1. The molecule has 7 heteroatoms. The number of hydrogen-bond donors (Lipinski definition) is 0. The molecule has 0 unspecified atom stereocenters. The maximum atomic E-state index is 12.8. The highest BCUT2D eigenvalue weighted by atomic mass is 32.1. The third-order valence-electron chi connectivity index (χ3n) is 5.66. The van der Waals surface area contributed by atoms with Crippen molar-refractivity contribution in [2.45, 2.75) is 32.2 Å². The van der Waals surface area contributed by atoms with E-state index in [1.165, 1.54) is 10.4 Å². The molecule has 2 aromatic rings. The minimum Gasteiger partial charge on any atom is -0.363 e. The van der Waals surface area contributed by atoms with Crippen LogP contribution in [-0.2, 0) is 17.8 Å². The van der Waals surface area contributed by atoms with Crippen LogP contribution >= 0.6 is 11.3 Å². The van der Waals surface area contributed by atoms with Gasteiger partial charge >= 0.3 is 0 Å². The van der Waals surface area contributed by atoms with Gasteiger partial charge in [0.1, 0.15) is 18.0 Å². The van der Waals surface area contributed by atoms with Crippen molar-refractivity contribution in [3.8, 4) is 0 Å². The molecule has 1 saturated heterocycles. The van der Waals surface area contributed by atoms with Crippen LogP contribution in [0.3, 0.4) is 0 Å². The Morgan fingerprint density at radius 1 is 1.26 bits per heavy atom. The molecule has 0 atom stereocenters. The number of carbonyl (C=O) groups is 1. The van der Waals surface area contributed by atoms with Gasteiger partial charge in [0.15, 0.2) is 0 Å². The molecule has 4 heterocycles. The minimum atomic E-state index is 0.322. The van der Waals surface area contributed by atoms with Crippen LogP contribution in [0.1, 0.15) is 29.7 Å². The average Bonchev–Trinajstić information content (AvgIpc) is 3.16. The number of nitrogens with zero attached hydrogens (tertiary/aromatic N) is 5. The normalized spacial score (nSPS) is 17.7. The summed E-state index contributed by atoms with van der Waals surface area (Å²) >= 11 is 1.82. The van der Waals surface area contributed by atoms with E-state index in [4.69, 9.17) is 0 Å². The van der Waals surface area contributed by atoms with Gasteiger partial charge in [-0.2, -0.15) is 0 Å². The van der Waals surface area contributed by atoms with Gasteiger partial charge in [-0.05, 0) is 42.2 Å². The van der Waals surface area contributed by atoms with Gasteiger partial charge in [0, 0.05) is 57.6 Å². The lowest BCUT2D eigenvalue weighted by Crippen LogP contribution is -2.39. The zero-order chi connectivity index (χ0) is 18.8. The van der Waals surface area contributed by atoms with Crippen molar-refractivity contribution in [3.63, 3.8) is 0 Å². The number of carbonyl (C=O) groups excluding carboxylic acids is 1. The zero-order valence-corrected chi connectivity index (χ0v) is 16.9. The van der Waals surface area contributed by atoms with Crippen LogP contribution in [0, 0.1) is 5.92 Å². The van der Waals surface area contributed by atoms with E-state index in [2.05, 4.69) is 31.2 Å². The summed E-state index contributed by atoms with van der Waals surface area (Å²) in [7, 11) is 3.98. The first kappa shape index (κ1) is 18.2. The highest BCUT2D eigenvalue weighted by Crippen LogP contribution is 2.28. The molecule has 0 spiro atoms. The number of anilines is 2. The molecule has 27 heavy (non-hydrogen) atoms. The number of rotatable bonds is 4. The van der Waals surface area contributed by atoms with Gasteiger partial charge in [0.25, 0.3) is 0 Å². The largest absolute Gasteiger partial charge is 0.363 e. The average molecular weight is 386 g/mol. The van der Waals surface area contributed by atoms with Crippen LogP contribution < -0.4 is 9.80 Å². The number of amides is 1. The Hall–Kier alpha value is -2.15. The molecule has 0 saturated carbocycles. The maximum Gasteiger partial charge on any atom is 0.223 e. The van der Waals surface area contributed by atoms with Gasteiger partial charge in [-0.25, -0.2) is 9.97 Å². The van der Waals surface area contributed by atoms with Gasteiger partial charge in [-0.1, -0.05) is 0 Å². The Bertz CT molecular complexity index is 797. The summed E-state index contributed by atoms with van der Waals surface area (Å²) < 4.78 is 0. The molecule has 2 aromatic heterocycles. The second-order valence-electron chi connectivity index (χ2n) is 7.70.